The minimum atomic E-state index is 0.0474. The van der Waals surface area contributed by atoms with Crippen molar-refractivity contribution < 1.29 is 4.79 Å². The number of aryl methyl sites for hydroxylation is 1. The third-order valence-corrected chi connectivity index (χ3v) is 2.99. The zero-order valence-corrected chi connectivity index (χ0v) is 12.9. The van der Waals surface area contributed by atoms with Crippen LogP contribution in [0.15, 0.2) is 18.2 Å². The smallest absolute Gasteiger partial charge is 0.255 e. The summed E-state index contributed by atoms with van der Waals surface area (Å²) < 4.78 is 0. The van der Waals surface area contributed by atoms with E-state index in [1.54, 1.807) is 0 Å². The Hall–Kier alpha value is -1.79. The third-order valence-electron chi connectivity index (χ3n) is 2.99. The predicted molar refractivity (Wildman–Crippen MR) is 83.5 cm³/mol. The second-order valence-corrected chi connectivity index (χ2v) is 5.29. The van der Waals surface area contributed by atoms with E-state index in [-0.39, 0.29) is 5.91 Å². The van der Waals surface area contributed by atoms with E-state index in [1.807, 2.05) is 36.9 Å². The van der Waals surface area contributed by atoms with Crippen LogP contribution < -0.4 is 5.73 Å². The molecule has 0 bridgehead atoms. The summed E-state index contributed by atoms with van der Waals surface area (Å²) in [4.78, 5) is 14.5. The van der Waals surface area contributed by atoms with E-state index in [9.17, 15) is 4.79 Å². The van der Waals surface area contributed by atoms with Gasteiger partial charge in [-0.1, -0.05) is 37.3 Å². The molecule has 0 aromatic heterocycles. The van der Waals surface area contributed by atoms with Crippen molar-refractivity contribution in [2.45, 2.75) is 27.7 Å². The molecule has 0 radical (unpaired) electrons. The van der Waals surface area contributed by atoms with E-state index in [4.69, 9.17) is 5.73 Å². The van der Waals surface area contributed by atoms with Gasteiger partial charge in [-0.3, -0.25) is 4.79 Å². The fourth-order valence-corrected chi connectivity index (χ4v) is 2.06. The number of carbonyl (C=O) groups is 1. The molecular formula is C17H24N2O. The average Bonchev–Trinajstić information content (AvgIpc) is 2.42. The highest BCUT2D eigenvalue weighted by molar-refractivity contribution is 5.97. The molecule has 1 aromatic carbocycles. The summed E-state index contributed by atoms with van der Waals surface area (Å²) >= 11 is 0. The van der Waals surface area contributed by atoms with Gasteiger partial charge in [-0.2, -0.15) is 0 Å². The van der Waals surface area contributed by atoms with Crippen LogP contribution in [0.1, 0.15) is 42.3 Å². The van der Waals surface area contributed by atoms with Gasteiger partial charge in [0.05, 0.1) is 12.1 Å². The van der Waals surface area contributed by atoms with Crippen molar-refractivity contribution in [1.29, 1.82) is 0 Å². The van der Waals surface area contributed by atoms with Crippen LogP contribution in [0, 0.1) is 24.7 Å². The third kappa shape index (κ3) is 4.40. The van der Waals surface area contributed by atoms with Crippen molar-refractivity contribution in [3.63, 3.8) is 0 Å². The first-order chi connectivity index (χ1) is 9.49. The molecule has 0 saturated heterocycles. The molecule has 1 aromatic rings. The highest BCUT2D eigenvalue weighted by Gasteiger charge is 2.18. The summed E-state index contributed by atoms with van der Waals surface area (Å²) in [6.45, 7) is 9.96. The lowest BCUT2D eigenvalue weighted by atomic mass is 10.0. The summed E-state index contributed by atoms with van der Waals surface area (Å²) in [7, 11) is 0. The van der Waals surface area contributed by atoms with Gasteiger partial charge in [0.25, 0.3) is 5.91 Å². The molecule has 0 fully saturated rings. The summed E-state index contributed by atoms with van der Waals surface area (Å²) in [5.74, 6) is 6.31. The molecule has 0 aliphatic carbocycles. The monoisotopic (exact) mass is 272 g/mol. The second-order valence-electron chi connectivity index (χ2n) is 5.29. The van der Waals surface area contributed by atoms with Crippen molar-refractivity contribution in [3.05, 3.63) is 34.9 Å². The molecule has 0 aliphatic rings. The van der Waals surface area contributed by atoms with Crippen molar-refractivity contribution in [2.75, 3.05) is 19.6 Å². The van der Waals surface area contributed by atoms with Crippen LogP contribution in [-0.2, 0) is 0 Å². The second kappa shape index (κ2) is 7.72. The first-order valence-corrected chi connectivity index (χ1v) is 7.08. The molecule has 0 atom stereocenters. The van der Waals surface area contributed by atoms with Gasteiger partial charge < -0.3 is 10.6 Å². The van der Waals surface area contributed by atoms with Gasteiger partial charge in [-0.25, -0.2) is 0 Å². The molecule has 20 heavy (non-hydrogen) atoms. The number of hydrogen-bond donors (Lipinski definition) is 1. The van der Waals surface area contributed by atoms with Crippen LogP contribution >= 0.6 is 0 Å². The van der Waals surface area contributed by atoms with Crippen LogP contribution in [0.2, 0.25) is 0 Å². The number of nitrogens with zero attached hydrogens (tertiary/aromatic N) is 1. The van der Waals surface area contributed by atoms with Gasteiger partial charge >= 0.3 is 0 Å². The van der Waals surface area contributed by atoms with Gasteiger partial charge in [-0.15, -0.1) is 0 Å². The van der Waals surface area contributed by atoms with Gasteiger partial charge in [0.15, 0.2) is 0 Å². The zero-order valence-electron chi connectivity index (χ0n) is 12.9. The van der Waals surface area contributed by atoms with Gasteiger partial charge in [0.1, 0.15) is 0 Å². The average molecular weight is 272 g/mol. The van der Waals surface area contributed by atoms with Gasteiger partial charge in [-0.05, 0) is 31.9 Å². The fourth-order valence-electron chi connectivity index (χ4n) is 2.06. The summed E-state index contributed by atoms with van der Waals surface area (Å²) in [5.41, 5.74) is 7.91. The van der Waals surface area contributed by atoms with Crippen LogP contribution in [0.5, 0.6) is 0 Å². The first-order valence-electron chi connectivity index (χ1n) is 7.08. The predicted octanol–water partition coefficient (Wildman–Crippen LogP) is 2.42. The minimum absolute atomic E-state index is 0.0474. The van der Waals surface area contributed by atoms with E-state index in [0.717, 1.165) is 17.7 Å². The Morgan fingerprint density at radius 3 is 2.65 bits per heavy atom. The van der Waals surface area contributed by atoms with Crippen LogP contribution in [0.4, 0.5) is 0 Å². The molecule has 1 amide bonds. The van der Waals surface area contributed by atoms with E-state index in [1.165, 1.54) is 0 Å². The van der Waals surface area contributed by atoms with E-state index in [2.05, 4.69) is 25.7 Å². The molecule has 3 nitrogen and oxygen atoms in total. The topological polar surface area (TPSA) is 46.3 Å². The molecule has 0 spiro atoms. The summed E-state index contributed by atoms with van der Waals surface area (Å²) in [6.07, 6.45) is 0. The number of hydrogen-bond acceptors (Lipinski definition) is 2. The highest BCUT2D eigenvalue weighted by atomic mass is 16.2. The molecule has 0 unspecified atom stereocenters. The maximum atomic E-state index is 12.7. The van der Waals surface area contributed by atoms with E-state index < -0.39 is 0 Å². The quantitative estimate of drug-likeness (QED) is 0.856. The Labute approximate surface area is 122 Å². The van der Waals surface area contributed by atoms with Crippen molar-refractivity contribution in [3.8, 4) is 11.8 Å². The summed E-state index contributed by atoms with van der Waals surface area (Å²) in [5, 5.41) is 0. The highest BCUT2D eigenvalue weighted by Crippen LogP contribution is 2.14. The van der Waals surface area contributed by atoms with Crippen molar-refractivity contribution in [1.82, 2.24) is 4.90 Å². The van der Waals surface area contributed by atoms with Crippen LogP contribution in [0.3, 0.4) is 0 Å². The maximum absolute atomic E-state index is 12.7. The fraction of sp³-hybridized carbons (Fsp3) is 0.471. The number of nitrogens with two attached hydrogens (primary N) is 1. The van der Waals surface area contributed by atoms with E-state index in [0.29, 0.717) is 24.6 Å². The van der Waals surface area contributed by atoms with Gasteiger partial charge in [0.2, 0.25) is 0 Å². The Morgan fingerprint density at radius 1 is 1.40 bits per heavy atom. The standard InChI is InChI=1S/C17H24N2O/c1-5-19(12-13(2)3)17(20)16-11-14(4)8-9-15(16)7-6-10-18/h8-9,11,13H,5,10,12,18H2,1-4H3. The molecule has 2 N–H and O–H groups in total. The molecule has 0 saturated carbocycles. The minimum Gasteiger partial charge on any atom is -0.339 e. The number of benzene rings is 1. The number of rotatable bonds is 4. The number of carbonyl (C=O) groups excluding carboxylic acids is 1. The lowest BCUT2D eigenvalue weighted by Gasteiger charge is -2.23. The molecule has 0 heterocycles. The van der Waals surface area contributed by atoms with Crippen LogP contribution in [0.25, 0.3) is 0 Å². The van der Waals surface area contributed by atoms with Crippen molar-refractivity contribution >= 4 is 5.91 Å². The SMILES string of the molecule is CCN(CC(C)C)C(=O)c1cc(C)ccc1C#CCN. The summed E-state index contributed by atoms with van der Waals surface area (Å²) in [6, 6.07) is 5.77. The van der Waals surface area contributed by atoms with Gasteiger partial charge in [0, 0.05) is 18.7 Å². The largest absolute Gasteiger partial charge is 0.339 e. The first kappa shape index (κ1) is 16.3. The molecular weight excluding hydrogens is 248 g/mol. The lowest BCUT2D eigenvalue weighted by molar-refractivity contribution is 0.0745. The van der Waals surface area contributed by atoms with Crippen molar-refractivity contribution in [2.24, 2.45) is 11.7 Å². The molecule has 1 rings (SSSR count). The number of amides is 1. The zero-order chi connectivity index (χ0) is 15.1. The molecule has 3 heteroatoms. The lowest BCUT2D eigenvalue weighted by Crippen LogP contribution is -2.34. The van der Waals surface area contributed by atoms with Crippen LogP contribution in [-0.4, -0.2) is 30.4 Å². The molecule has 0 aliphatic heterocycles. The normalized spacial score (nSPS) is 10.1. The maximum Gasteiger partial charge on any atom is 0.255 e. The Morgan fingerprint density at radius 2 is 2.10 bits per heavy atom. The Balaban J connectivity index is 3.15. The Kier molecular flexibility index (Phi) is 6.27. The Bertz CT molecular complexity index is 524. The van der Waals surface area contributed by atoms with E-state index >= 15 is 0 Å². The molecule has 108 valence electrons.